The molecule has 9 nitrogen and oxygen atoms in total. The van der Waals surface area contributed by atoms with Crippen LogP contribution in [0.5, 0.6) is 5.75 Å². The standard InChI is InChI=1S/C33H45Cl2N3O6/c1-2-3-4-5-6-12-30(40)44-32(33(41)42)38-28-23-25(15-13-24(28)14-16-29(38)39)43-22-8-7-17-36-18-20-37(21-19-36)27-11-9-10-26(34)31(27)35/h9-11,13,15,23,32-33,41-42H,2-8,12,14,16-22H2,1H3. The van der Waals surface area contributed by atoms with Crippen molar-refractivity contribution in [1.29, 1.82) is 0 Å². The number of aliphatic hydroxyl groups is 2. The molecule has 2 aliphatic heterocycles. The molecule has 44 heavy (non-hydrogen) atoms. The molecule has 0 aromatic heterocycles. The molecule has 0 radical (unpaired) electrons. The number of aryl methyl sites for hydroxylation is 1. The van der Waals surface area contributed by atoms with Gasteiger partial charge in [-0.05, 0) is 56.0 Å². The minimum atomic E-state index is -2.04. The van der Waals surface area contributed by atoms with Gasteiger partial charge in [-0.1, -0.05) is 67.9 Å². The Labute approximate surface area is 270 Å². The molecule has 1 atom stereocenters. The fourth-order valence-electron chi connectivity index (χ4n) is 5.73. The first kappa shape index (κ1) is 34.3. The highest BCUT2D eigenvalue weighted by Gasteiger charge is 2.37. The van der Waals surface area contributed by atoms with Gasteiger partial charge in [-0.15, -0.1) is 0 Å². The van der Waals surface area contributed by atoms with Crippen molar-refractivity contribution in [2.75, 3.05) is 49.1 Å². The van der Waals surface area contributed by atoms with Crippen LogP contribution in [0.2, 0.25) is 10.0 Å². The number of amides is 1. The summed E-state index contributed by atoms with van der Waals surface area (Å²) in [6.45, 7) is 7.25. The summed E-state index contributed by atoms with van der Waals surface area (Å²) in [7, 11) is 0. The summed E-state index contributed by atoms with van der Waals surface area (Å²) in [6, 6.07) is 11.2. The molecule has 4 rings (SSSR count). The van der Waals surface area contributed by atoms with E-state index in [1.807, 2.05) is 24.3 Å². The molecule has 2 N–H and O–H groups in total. The number of carbonyl (C=O) groups is 2. The average molecular weight is 651 g/mol. The molecule has 1 fully saturated rings. The number of unbranched alkanes of at least 4 members (excludes halogenated alkanes) is 5. The van der Waals surface area contributed by atoms with Crippen molar-refractivity contribution in [3.05, 3.63) is 52.0 Å². The summed E-state index contributed by atoms with van der Waals surface area (Å²) in [5.74, 6) is -0.313. The maximum absolute atomic E-state index is 13.0. The molecule has 2 aliphatic rings. The third kappa shape index (κ3) is 9.47. The Morgan fingerprint density at radius 3 is 2.45 bits per heavy atom. The minimum absolute atomic E-state index is 0.164. The normalized spacial score (nSPS) is 16.3. The van der Waals surface area contributed by atoms with Gasteiger partial charge >= 0.3 is 5.97 Å². The third-order valence-electron chi connectivity index (χ3n) is 8.22. The van der Waals surface area contributed by atoms with Crippen LogP contribution in [-0.2, 0) is 20.7 Å². The van der Waals surface area contributed by atoms with Crippen LogP contribution in [0.1, 0.15) is 70.3 Å². The van der Waals surface area contributed by atoms with Crippen molar-refractivity contribution in [2.24, 2.45) is 0 Å². The zero-order valence-corrected chi connectivity index (χ0v) is 27.1. The fourth-order valence-corrected chi connectivity index (χ4v) is 6.15. The van der Waals surface area contributed by atoms with Crippen LogP contribution in [0.4, 0.5) is 11.4 Å². The highest BCUT2D eigenvalue weighted by atomic mass is 35.5. The van der Waals surface area contributed by atoms with E-state index in [0.29, 0.717) is 40.9 Å². The second-order valence-electron chi connectivity index (χ2n) is 11.5. The number of hydrogen-bond acceptors (Lipinski definition) is 8. The molecule has 1 saturated heterocycles. The van der Waals surface area contributed by atoms with Crippen LogP contribution < -0.4 is 14.5 Å². The molecule has 0 spiro atoms. The van der Waals surface area contributed by atoms with E-state index in [4.69, 9.17) is 32.7 Å². The summed E-state index contributed by atoms with van der Waals surface area (Å²) in [5.41, 5.74) is 2.31. The number of benzene rings is 2. The summed E-state index contributed by atoms with van der Waals surface area (Å²) in [4.78, 5) is 31.4. The van der Waals surface area contributed by atoms with E-state index in [2.05, 4.69) is 16.7 Å². The Morgan fingerprint density at radius 2 is 1.70 bits per heavy atom. The number of rotatable bonds is 16. The second-order valence-corrected chi connectivity index (χ2v) is 12.3. The highest BCUT2D eigenvalue weighted by Crippen LogP contribution is 2.35. The first-order chi connectivity index (χ1) is 21.3. The van der Waals surface area contributed by atoms with Gasteiger partial charge in [0.15, 0.2) is 0 Å². The molecular weight excluding hydrogens is 605 g/mol. The number of ether oxygens (including phenoxy) is 2. The lowest BCUT2D eigenvalue weighted by atomic mass is 10.0. The maximum atomic E-state index is 13.0. The van der Waals surface area contributed by atoms with E-state index in [1.165, 1.54) is 4.90 Å². The van der Waals surface area contributed by atoms with Crippen molar-refractivity contribution in [3.63, 3.8) is 0 Å². The Hall–Kier alpha value is -2.56. The van der Waals surface area contributed by atoms with Gasteiger partial charge in [0.25, 0.3) is 0 Å². The van der Waals surface area contributed by atoms with Gasteiger partial charge in [-0.2, -0.15) is 0 Å². The highest BCUT2D eigenvalue weighted by molar-refractivity contribution is 6.43. The van der Waals surface area contributed by atoms with Crippen molar-refractivity contribution >= 4 is 46.5 Å². The summed E-state index contributed by atoms with van der Waals surface area (Å²) < 4.78 is 11.5. The van der Waals surface area contributed by atoms with Crippen LogP contribution >= 0.6 is 23.2 Å². The minimum Gasteiger partial charge on any atom is -0.494 e. The number of nitrogens with zero attached hydrogens (tertiary/aromatic N) is 3. The topological polar surface area (TPSA) is 103 Å². The fraction of sp³-hybridized carbons (Fsp3) is 0.576. The van der Waals surface area contributed by atoms with Crippen LogP contribution in [-0.4, -0.2) is 78.8 Å². The molecule has 2 aromatic carbocycles. The smallest absolute Gasteiger partial charge is 0.307 e. The third-order valence-corrected chi connectivity index (χ3v) is 9.03. The van der Waals surface area contributed by atoms with Crippen LogP contribution in [0.3, 0.4) is 0 Å². The van der Waals surface area contributed by atoms with Gasteiger partial charge in [0.2, 0.25) is 18.4 Å². The molecule has 0 saturated carbocycles. The van der Waals surface area contributed by atoms with E-state index in [-0.39, 0.29) is 18.7 Å². The molecule has 242 valence electrons. The van der Waals surface area contributed by atoms with E-state index < -0.39 is 18.5 Å². The number of carbonyl (C=O) groups excluding carboxylic acids is 2. The average Bonchev–Trinajstić information content (AvgIpc) is 3.01. The van der Waals surface area contributed by atoms with Gasteiger partial charge in [0.05, 0.1) is 28.0 Å². The quantitative estimate of drug-likeness (QED) is 0.134. The Bertz CT molecular complexity index is 1240. The molecule has 2 heterocycles. The largest absolute Gasteiger partial charge is 0.494 e. The number of anilines is 2. The molecule has 1 amide bonds. The summed E-state index contributed by atoms with van der Waals surface area (Å²) in [5, 5.41) is 21.4. The van der Waals surface area contributed by atoms with Crippen molar-refractivity contribution < 1.29 is 29.3 Å². The van der Waals surface area contributed by atoms with E-state index in [0.717, 1.165) is 82.5 Å². The zero-order valence-electron chi connectivity index (χ0n) is 25.6. The molecule has 0 aliphatic carbocycles. The zero-order chi connectivity index (χ0) is 31.5. The lowest BCUT2D eigenvalue weighted by molar-refractivity contribution is -0.176. The predicted molar refractivity (Wildman–Crippen MR) is 174 cm³/mol. The molecule has 1 unspecified atom stereocenters. The van der Waals surface area contributed by atoms with Crippen molar-refractivity contribution in [1.82, 2.24) is 4.90 Å². The number of fused-ring (bicyclic) bond motifs is 1. The number of esters is 1. The van der Waals surface area contributed by atoms with Crippen LogP contribution in [0.15, 0.2) is 36.4 Å². The lowest BCUT2D eigenvalue weighted by Gasteiger charge is -2.36. The predicted octanol–water partition coefficient (Wildman–Crippen LogP) is 5.79. The van der Waals surface area contributed by atoms with Gasteiger partial charge in [-0.25, -0.2) is 0 Å². The van der Waals surface area contributed by atoms with E-state index >= 15 is 0 Å². The molecule has 0 bridgehead atoms. The molecule has 2 aromatic rings. The van der Waals surface area contributed by atoms with Crippen LogP contribution in [0, 0.1) is 0 Å². The van der Waals surface area contributed by atoms with Gasteiger partial charge in [-0.3, -0.25) is 19.4 Å². The van der Waals surface area contributed by atoms with E-state index in [1.54, 1.807) is 12.1 Å². The van der Waals surface area contributed by atoms with Crippen molar-refractivity contribution in [2.45, 2.75) is 83.6 Å². The van der Waals surface area contributed by atoms with Crippen LogP contribution in [0.25, 0.3) is 0 Å². The number of halogens is 2. The number of hydrogen-bond donors (Lipinski definition) is 2. The van der Waals surface area contributed by atoms with Gasteiger partial charge < -0.3 is 24.6 Å². The summed E-state index contributed by atoms with van der Waals surface area (Å²) >= 11 is 12.6. The van der Waals surface area contributed by atoms with E-state index in [9.17, 15) is 19.8 Å². The number of piperazine rings is 1. The first-order valence-corrected chi connectivity index (χ1v) is 16.6. The Morgan fingerprint density at radius 1 is 0.932 bits per heavy atom. The van der Waals surface area contributed by atoms with Crippen molar-refractivity contribution in [3.8, 4) is 5.75 Å². The maximum Gasteiger partial charge on any atom is 0.307 e. The molecule has 11 heteroatoms. The summed E-state index contributed by atoms with van der Waals surface area (Å²) in [6.07, 6.45) is 3.94. The monoisotopic (exact) mass is 649 g/mol. The second kappa shape index (κ2) is 17.2. The van der Waals surface area contributed by atoms with Gasteiger partial charge in [0, 0.05) is 45.1 Å². The SMILES string of the molecule is CCCCCCCC(=O)OC(C(O)O)N1C(=O)CCc2ccc(OCCCCN3CCN(c4cccc(Cl)c4Cl)CC3)cc21. The Kier molecular flexibility index (Phi) is 13.4. The first-order valence-electron chi connectivity index (χ1n) is 15.8. The number of aliphatic hydroxyl groups excluding tert-OH is 1. The molecular formula is C33H45Cl2N3O6. The van der Waals surface area contributed by atoms with Gasteiger partial charge in [0.1, 0.15) is 5.75 Å². The Balaban J connectivity index is 1.25. The lowest BCUT2D eigenvalue weighted by Crippen LogP contribution is -2.51.